The van der Waals surface area contributed by atoms with Crippen molar-refractivity contribution in [3.63, 3.8) is 0 Å². The number of nitrogens with zero attached hydrogens (tertiary/aromatic N) is 1. The van der Waals surface area contributed by atoms with Crippen molar-refractivity contribution >= 4 is 35.2 Å². The molecule has 0 unspecified atom stereocenters. The van der Waals surface area contributed by atoms with Gasteiger partial charge in [0.1, 0.15) is 6.04 Å². The zero-order valence-corrected chi connectivity index (χ0v) is 21.3. The van der Waals surface area contributed by atoms with Crippen molar-refractivity contribution in [1.82, 2.24) is 10.2 Å². The first-order valence-corrected chi connectivity index (χ1v) is 13.5. The SMILES string of the molecule is O=C(NC1CCCC1)[C@@H](Cc1ccccc1)N(Cc1ccccc1)C(=O)CSc1ccc(Cl)cc1. The van der Waals surface area contributed by atoms with Crippen molar-refractivity contribution in [3.8, 4) is 0 Å². The number of amides is 2. The maximum atomic E-state index is 13.7. The van der Waals surface area contributed by atoms with E-state index in [1.807, 2.05) is 84.9 Å². The predicted octanol–water partition coefficient (Wildman–Crippen LogP) is 6.13. The number of thioether (sulfide) groups is 1. The maximum absolute atomic E-state index is 13.7. The second-order valence-corrected chi connectivity index (χ2v) is 10.4. The summed E-state index contributed by atoms with van der Waals surface area (Å²) in [5, 5.41) is 3.91. The summed E-state index contributed by atoms with van der Waals surface area (Å²) in [5.41, 5.74) is 2.04. The van der Waals surface area contributed by atoms with Crippen LogP contribution in [0, 0.1) is 0 Å². The van der Waals surface area contributed by atoms with Gasteiger partial charge in [-0.15, -0.1) is 11.8 Å². The van der Waals surface area contributed by atoms with Crippen LogP contribution in [0.3, 0.4) is 0 Å². The van der Waals surface area contributed by atoms with Crippen LogP contribution in [-0.2, 0) is 22.6 Å². The van der Waals surface area contributed by atoms with E-state index in [9.17, 15) is 9.59 Å². The lowest BCUT2D eigenvalue weighted by atomic mass is 10.0. The normalized spacial score (nSPS) is 14.4. The third-order valence-corrected chi connectivity index (χ3v) is 7.59. The van der Waals surface area contributed by atoms with Gasteiger partial charge >= 0.3 is 0 Å². The van der Waals surface area contributed by atoms with Gasteiger partial charge in [-0.1, -0.05) is 85.1 Å². The molecule has 182 valence electrons. The van der Waals surface area contributed by atoms with Gasteiger partial charge < -0.3 is 10.2 Å². The van der Waals surface area contributed by atoms with Gasteiger partial charge in [0.15, 0.2) is 0 Å². The molecule has 0 bridgehead atoms. The average Bonchev–Trinajstić information content (AvgIpc) is 3.40. The molecule has 3 aromatic carbocycles. The van der Waals surface area contributed by atoms with Crippen LogP contribution >= 0.6 is 23.4 Å². The summed E-state index contributed by atoms with van der Waals surface area (Å²) >= 11 is 7.47. The highest BCUT2D eigenvalue weighted by atomic mass is 35.5. The molecular formula is C29H31ClN2O2S. The van der Waals surface area contributed by atoms with Gasteiger partial charge in [0.25, 0.3) is 0 Å². The van der Waals surface area contributed by atoms with Crippen molar-refractivity contribution in [2.45, 2.75) is 55.6 Å². The monoisotopic (exact) mass is 506 g/mol. The Hall–Kier alpha value is -2.76. The Morgan fingerprint density at radius 1 is 0.886 bits per heavy atom. The van der Waals surface area contributed by atoms with E-state index >= 15 is 0 Å². The second kappa shape index (κ2) is 12.8. The standard InChI is InChI=1S/C29H31ClN2O2S/c30-24-15-17-26(18-16-24)35-21-28(33)32(20-23-11-5-2-6-12-23)27(19-22-9-3-1-4-10-22)29(34)31-25-13-7-8-14-25/h1-6,9-12,15-18,25,27H,7-8,13-14,19-21H2,(H,31,34)/t27-/m1/s1. The number of halogens is 1. The number of benzene rings is 3. The molecule has 4 nitrogen and oxygen atoms in total. The molecule has 0 spiro atoms. The van der Waals surface area contributed by atoms with Gasteiger partial charge in [-0.05, 0) is 48.2 Å². The molecule has 1 N–H and O–H groups in total. The molecular weight excluding hydrogens is 476 g/mol. The molecule has 0 radical (unpaired) electrons. The minimum absolute atomic E-state index is 0.0590. The molecule has 1 atom stereocenters. The van der Waals surface area contributed by atoms with E-state index < -0.39 is 6.04 Å². The Morgan fingerprint density at radius 2 is 1.49 bits per heavy atom. The lowest BCUT2D eigenvalue weighted by Crippen LogP contribution is -2.52. The molecule has 0 aromatic heterocycles. The topological polar surface area (TPSA) is 49.4 Å². The first-order valence-electron chi connectivity index (χ1n) is 12.1. The Kier molecular flexibility index (Phi) is 9.27. The minimum atomic E-state index is -0.587. The van der Waals surface area contributed by atoms with E-state index in [0.717, 1.165) is 41.7 Å². The Bertz CT molecular complexity index is 1090. The molecule has 1 aliphatic rings. The summed E-state index contributed by atoms with van der Waals surface area (Å²) in [6, 6.07) is 26.9. The largest absolute Gasteiger partial charge is 0.352 e. The Morgan fingerprint density at radius 3 is 2.11 bits per heavy atom. The van der Waals surface area contributed by atoms with E-state index in [1.54, 1.807) is 4.90 Å². The summed E-state index contributed by atoms with van der Waals surface area (Å²) in [7, 11) is 0. The quantitative estimate of drug-likeness (QED) is 0.336. The number of hydrogen-bond acceptors (Lipinski definition) is 3. The van der Waals surface area contributed by atoms with Crippen LogP contribution in [0.5, 0.6) is 0 Å². The number of rotatable bonds is 10. The van der Waals surface area contributed by atoms with Crippen molar-refractivity contribution < 1.29 is 9.59 Å². The Balaban J connectivity index is 1.58. The van der Waals surface area contributed by atoms with Crippen LogP contribution in [0.4, 0.5) is 0 Å². The van der Waals surface area contributed by atoms with Crippen LogP contribution in [0.1, 0.15) is 36.8 Å². The van der Waals surface area contributed by atoms with Crippen molar-refractivity contribution in [1.29, 1.82) is 0 Å². The van der Waals surface area contributed by atoms with Crippen LogP contribution in [-0.4, -0.2) is 34.6 Å². The molecule has 6 heteroatoms. The number of nitrogens with one attached hydrogen (secondary N) is 1. The van der Waals surface area contributed by atoms with Crippen LogP contribution in [0.15, 0.2) is 89.8 Å². The van der Waals surface area contributed by atoms with E-state index in [4.69, 9.17) is 11.6 Å². The van der Waals surface area contributed by atoms with E-state index in [1.165, 1.54) is 11.8 Å². The number of carbonyl (C=O) groups excluding carboxylic acids is 2. The molecule has 2 amide bonds. The second-order valence-electron chi connectivity index (χ2n) is 8.95. The minimum Gasteiger partial charge on any atom is -0.352 e. The first-order chi connectivity index (χ1) is 17.1. The fourth-order valence-corrected chi connectivity index (χ4v) is 5.37. The van der Waals surface area contributed by atoms with Crippen LogP contribution in [0.2, 0.25) is 5.02 Å². The van der Waals surface area contributed by atoms with Gasteiger partial charge in [0.2, 0.25) is 11.8 Å². The number of hydrogen-bond donors (Lipinski definition) is 1. The lowest BCUT2D eigenvalue weighted by Gasteiger charge is -2.32. The predicted molar refractivity (Wildman–Crippen MR) is 144 cm³/mol. The summed E-state index contributed by atoms with van der Waals surface area (Å²) < 4.78 is 0. The van der Waals surface area contributed by atoms with E-state index in [-0.39, 0.29) is 23.6 Å². The molecule has 3 aromatic rings. The third-order valence-electron chi connectivity index (χ3n) is 6.34. The molecule has 4 rings (SSSR count). The highest BCUT2D eigenvalue weighted by molar-refractivity contribution is 8.00. The molecule has 1 fully saturated rings. The molecule has 35 heavy (non-hydrogen) atoms. The van der Waals surface area contributed by atoms with E-state index in [2.05, 4.69) is 5.32 Å². The lowest BCUT2D eigenvalue weighted by molar-refractivity contribution is -0.139. The molecule has 1 aliphatic carbocycles. The molecule has 0 saturated heterocycles. The van der Waals surface area contributed by atoms with E-state index in [0.29, 0.717) is 18.0 Å². The highest BCUT2D eigenvalue weighted by Gasteiger charge is 2.32. The third kappa shape index (κ3) is 7.61. The first kappa shape index (κ1) is 25.3. The summed E-state index contributed by atoms with van der Waals surface area (Å²) in [6.07, 6.45) is 4.76. The average molecular weight is 507 g/mol. The van der Waals surface area contributed by atoms with Gasteiger partial charge in [0.05, 0.1) is 5.75 Å². The van der Waals surface area contributed by atoms with Crippen LogP contribution in [0.25, 0.3) is 0 Å². The van der Waals surface area contributed by atoms with Crippen molar-refractivity contribution in [2.75, 3.05) is 5.75 Å². The molecule has 0 heterocycles. The highest BCUT2D eigenvalue weighted by Crippen LogP contribution is 2.23. The van der Waals surface area contributed by atoms with Gasteiger partial charge in [-0.25, -0.2) is 0 Å². The fourth-order valence-electron chi connectivity index (χ4n) is 4.46. The van der Waals surface area contributed by atoms with Crippen molar-refractivity contribution in [3.05, 3.63) is 101 Å². The van der Waals surface area contributed by atoms with Crippen molar-refractivity contribution in [2.24, 2.45) is 0 Å². The van der Waals surface area contributed by atoms with Crippen LogP contribution < -0.4 is 5.32 Å². The number of carbonyl (C=O) groups is 2. The zero-order chi connectivity index (χ0) is 24.5. The Labute approximate surface area is 217 Å². The summed E-state index contributed by atoms with van der Waals surface area (Å²) in [5.74, 6) is 0.119. The zero-order valence-electron chi connectivity index (χ0n) is 19.7. The molecule has 1 saturated carbocycles. The van der Waals surface area contributed by atoms with Gasteiger partial charge in [0, 0.05) is 28.9 Å². The summed E-state index contributed by atoms with van der Waals surface area (Å²) in [4.78, 5) is 30.0. The van der Waals surface area contributed by atoms with Gasteiger partial charge in [-0.3, -0.25) is 9.59 Å². The smallest absolute Gasteiger partial charge is 0.243 e. The fraction of sp³-hybridized carbons (Fsp3) is 0.310. The maximum Gasteiger partial charge on any atom is 0.243 e. The van der Waals surface area contributed by atoms with Gasteiger partial charge in [-0.2, -0.15) is 0 Å². The summed E-state index contributed by atoms with van der Waals surface area (Å²) in [6.45, 7) is 0.385. The molecule has 0 aliphatic heterocycles.